The standard InChI is InChI=1S/C17H20N8O/c18-17-20-7-11(8-21-17)13-10-25-14-9-19-2-1-12(14)22-16(25)15(23-13)24-3-5-26-6-4-24/h7-8,10,19H,1-6,9H2,(H2,18,20,21). The van der Waals surface area contributed by atoms with Crippen LogP contribution >= 0.6 is 0 Å². The van der Waals surface area contributed by atoms with Gasteiger partial charge in [0.15, 0.2) is 11.5 Å². The summed E-state index contributed by atoms with van der Waals surface area (Å²) in [7, 11) is 0. The zero-order chi connectivity index (χ0) is 17.5. The molecule has 3 aromatic rings. The maximum absolute atomic E-state index is 5.63. The van der Waals surface area contributed by atoms with E-state index < -0.39 is 0 Å². The third-order valence-electron chi connectivity index (χ3n) is 4.88. The summed E-state index contributed by atoms with van der Waals surface area (Å²) in [5.41, 5.74) is 10.5. The molecule has 0 aromatic carbocycles. The minimum atomic E-state index is 0.257. The number of fused-ring (bicyclic) bond motifs is 3. The van der Waals surface area contributed by atoms with Crippen molar-refractivity contribution in [3.05, 3.63) is 30.0 Å². The number of nitrogens with zero attached hydrogens (tertiary/aromatic N) is 6. The molecule has 0 bridgehead atoms. The first-order chi connectivity index (χ1) is 12.8. The van der Waals surface area contributed by atoms with Crippen LogP contribution in [0, 0.1) is 0 Å². The number of ether oxygens (including phenoxy) is 1. The molecule has 134 valence electrons. The fraction of sp³-hybridized carbons (Fsp3) is 0.412. The largest absolute Gasteiger partial charge is 0.378 e. The van der Waals surface area contributed by atoms with E-state index in [1.807, 2.05) is 6.20 Å². The van der Waals surface area contributed by atoms with Crippen molar-refractivity contribution in [1.82, 2.24) is 29.7 Å². The Labute approximate surface area is 150 Å². The molecule has 0 saturated carbocycles. The van der Waals surface area contributed by atoms with Crippen molar-refractivity contribution >= 4 is 17.4 Å². The lowest BCUT2D eigenvalue weighted by Gasteiger charge is -2.28. The molecule has 1 fully saturated rings. The van der Waals surface area contributed by atoms with Gasteiger partial charge >= 0.3 is 0 Å². The Morgan fingerprint density at radius 1 is 1.12 bits per heavy atom. The van der Waals surface area contributed by atoms with Gasteiger partial charge in [-0.05, 0) is 0 Å². The Kier molecular flexibility index (Phi) is 3.68. The van der Waals surface area contributed by atoms with Crippen LogP contribution in [0.2, 0.25) is 0 Å². The number of hydrogen-bond acceptors (Lipinski definition) is 8. The average molecular weight is 352 g/mol. The molecule has 0 amide bonds. The number of aromatic nitrogens is 5. The molecule has 3 N–H and O–H groups in total. The van der Waals surface area contributed by atoms with E-state index in [1.165, 1.54) is 5.69 Å². The molecule has 0 unspecified atom stereocenters. The Bertz CT molecular complexity index is 946. The quantitative estimate of drug-likeness (QED) is 0.676. The van der Waals surface area contributed by atoms with Crippen molar-refractivity contribution in [2.45, 2.75) is 13.0 Å². The second-order valence-electron chi connectivity index (χ2n) is 6.50. The molecule has 9 heteroatoms. The van der Waals surface area contributed by atoms with E-state index >= 15 is 0 Å². The molecule has 1 saturated heterocycles. The fourth-order valence-corrected chi connectivity index (χ4v) is 3.52. The summed E-state index contributed by atoms with van der Waals surface area (Å²) in [4.78, 5) is 20.3. The van der Waals surface area contributed by atoms with Crippen LogP contribution in [0.3, 0.4) is 0 Å². The minimum absolute atomic E-state index is 0.257. The van der Waals surface area contributed by atoms with E-state index in [-0.39, 0.29) is 5.95 Å². The molecule has 26 heavy (non-hydrogen) atoms. The van der Waals surface area contributed by atoms with E-state index in [2.05, 4.69) is 24.6 Å². The fourth-order valence-electron chi connectivity index (χ4n) is 3.52. The van der Waals surface area contributed by atoms with Crippen LogP contribution in [-0.2, 0) is 17.7 Å². The summed E-state index contributed by atoms with van der Waals surface area (Å²) in [6.45, 7) is 4.77. The number of nitrogen functional groups attached to an aromatic ring is 1. The molecule has 9 nitrogen and oxygen atoms in total. The van der Waals surface area contributed by atoms with Gasteiger partial charge < -0.3 is 20.7 Å². The van der Waals surface area contributed by atoms with Crippen molar-refractivity contribution < 1.29 is 4.74 Å². The summed E-state index contributed by atoms with van der Waals surface area (Å²) >= 11 is 0. The van der Waals surface area contributed by atoms with Gasteiger partial charge in [-0.2, -0.15) is 0 Å². The second-order valence-corrected chi connectivity index (χ2v) is 6.50. The topological polar surface area (TPSA) is 106 Å². The van der Waals surface area contributed by atoms with E-state index in [0.29, 0.717) is 13.2 Å². The van der Waals surface area contributed by atoms with E-state index in [4.69, 9.17) is 20.4 Å². The lowest BCUT2D eigenvalue weighted by atomic mass is 10.2. The Morgan fingerprint density at radius 2 is 1.92 bits per heavy atom. The summed E-state index contributed by atoms with van der Waals surface area (Å²) in [5, 5.41) is 3.43. The van der Waals surface area contributed by atoms with E-state index in [9.17, 15) is 0 Å². The number of anilines is 2. The summed E-state index contributed by atoms with van der Waals surface area (Å²) in [6.07, 6.45) is 6.37. The number of imidazole rings is 1. The zero-order valence-electron chi connectivity index (χ0n) is 14.4. The SMILES string of the molecule is Nc1ncc(-c2cn3c4c(nc3c(N3CCOCC3)n2)CCNC4)cn1. The van der Waals surface area contributed by atoms with Crippen molar-refractivity contribution in [2.75, 3.05) is 43.5 Å². The van der Waals surface area contributed by atoms with Gasteiger partial charge in [0.05, 0.1) is 30.3 Å². The van der Waals surface area contributed by atoms with Crippen molar-refractivity contribution in [2.24, 2.45) is 0 Å². The molecule has 5 rings (SSSR count). The van der Waals surface area contributed by atoms with Gasteiger partial charge in [-0.25, -0.2) is 19.9 Å². The highest BCUT2D eigenvalue weighted by Crippen LogP contribution is 2.28. The minimum Gasteiger partial charge on any atom is -0.378 e. The van der Waals surface area contributed by atoms with Crippen LogP contribution in [0.25, 0.3) is 16.9 Å². The number of nitrogens with two attached hydrogens (primary N) is 1. The number of rotatable bonds is 2. The van der Waals surface area contributed by atoms with E-state index in [0.717, 1.165) is 61.0 Å². The van der Waals surface area contributed by atoms with Gasteiger partial charge in [-0.1, -0.05) is 0 Å². The van der Waals surface area contributed by atoms with Gasteiger partial charge in [0.2, 0.25) is 5.95 Å². The number of hydrogen-bond donors (Lipinski definition) is 2. The Balaban J connectivity index is 1.71. The first kappa shape index (κ1) is 15.5. The Morgan fingerprint density at radius 3 is 2.73 bits per heavy atom. The van der Waals surface area contributed by atoms with Crippen LogP contribution in [0.1, 0.15) is 11.4 Å². The van der Waals surface area contributed by atoms with Gasteiger partial charge in [0.25, 0.3) is 0 Å². The molecule has 5 heterocycles. The lowest BCUT2D eigenvalue weighted by Crippen LogP contribution is -2.37. The van der Waals surface area contributed by atoms with Crippen molar-refractivity contribution in [1.29, 1.82) is 0 Å². The van der Waals surface area contributed by atoms with Crippen LogP contribution in [0.4, 0.5) is 11.8 Å². The first-order valence-corrected chi connectivity index (χ1v) is 8.82. The lowest BCUT2D eigenvalue weighted by molar-refractivity contribution is 0.122. The van der Waals surface area contributed by atoms with Crippen LogP contribution < -0.4 is 16.0 Å². The third kappa shape index (κ3) is 2.56. The molecule has 2 aliphatic rings. The zero-order valence-corrected chi connectivity index (χ0v) is 14.4. The van der Waals surface area contributed by atoms with Crippen LogP contribution in [0.5, 0.6) is 0 Å². The van der Waals surface area contributed by atoms with Crippen molar-refractivity contribution in [3.8, 4) is 11.3 Å². The van der Waals surface area contributed by atoms with E-state index in [1.54, 1.807) is 12.4 Å². The molecule has 0 spiro atoms. The highest BCUT2D eigenvalue weighted by molar-refractivity contribution is 5.71. The average Bonchev–Trinajstić information content (AvgIpc) is 3.07. The molecular formula is C17H20N8O. The molecular weight excluding hydrogens is 332 g/mol. The third-order valence-corrected chi connectivity index (χ3v) is 4.88. The van der Waals surface area contributed by atoms with Gasteiger partial charge in [0.1, 0.15) is 0 Å². The maximum Gasteiger partial charge on any atom is 0.219 e. The normalized spacial score (nSPS) is 17.5. The van der Waals surface area contributed by atoms with Gasteiger partial charge in [0, 0.05) is 56.8 Å². The summed E-state index contributed by atoms with van der Waals surface area (Å²) in [5.74, 6) is 1.14. The summed E-state index contributed by atoms with van der Waals surface area (Å²) in [6, 6.07) is 0. The number of morpholine rings is 1. The first-order valence-electron chi connectivity index (χ1n) is 8.82. The maximum atomic E-state index is 5.63. The molecule has 0 aliphatic carbocycles. The molecule has 0 radical (unpaired) electrons. The molecule has 3 aromatic heterocycles. The van der Waals surface area contributed by atoms with Gasteiger partial charge in [-0.3, -0.25) is 4.40 Å². The molecule has 2 aliphatic heterocycles. The summed E-state index contributed by atoms with van der Waals surface area (Å²) < 4.78 is 7.66. The van der Waals surface area contributed by atoms with Crippen molar-refractivity contribution in [3.63, 3.8) is 0 Å². The second kappa shape index (κ2) is 6.19. The monoisotopic (exact) mass is 352 g/mol. The van der Waals surface area contributed by atoms with Gasteiger partial charge in [-0.15, -0.1) is 0 Å². The molecule has 0 atom stereocenters. The predicted molar refractivity (Wildman–Crippen MR) is 96.9 cm³/mol. The highest BCUT2D eigenvalue weighted by atomic mass is 16.5. The highest BCUT2D eigenvalue weighted by Gasteiger charge is 2.23. The van der Waals surface area contributed by atoms with Crippen LogP contribution in [-0.4, -0.2) is 57.2 Å². The smallest absolute Gasteiger partial charge is 0.219 e. The Hall–Kier alpha value is -2.78. The number of nitrogens with one attached hydrogen (secondary N) is 1. The predicted octanol–water partition coefficient (Wildman–Crippen LogP) is 0.251. The van der Waals surface area contributed by atoms with Crippen LogP contribution in [0.15, 0.2) is 18.6 Å².